The third-order valence-corrected chi connectivity index (χ3v) is 9.05. The van der Waals surface area contributed by atoms with Crippen molar-refractivity contribution in [3.8, 4) is 0 Å². The number of carbonyl (C=O) groups is 2. The molecule has 0 aromatic rings. The lowest BCUT2D eigenvalue weighted by molar-refractivity contribution is -0.161. The molecule has 0 bridgehead atoms. The summed E-state index contributed by atoms with van der Waals surface area (Å²) in [7, 11) is 0. The Morgan fingerprint density at radius 2 is 0.768 bits per heavy atom. The Bertz CT molecular complexity index is 1150. The van der Waals surface area contributed by atoms with E-state index in [1.165, 1.54) is 51.4 Å². The van der Waals surface area contributed by atoms with Crippen LogP contribution in [0.1, 0.15) is 181 Å². The molecule has 0 aliphatic rings. The monoisotopic (exact) mass is 775 g/mol. The minimum atomic E-state index is -0.801. The maximum absolute atomic E-state index is 12.2. The molecule has 316 valence electrons. The van der Waals surface area contributed by atoms with Crippen molar-refractivity contribution in [2.45, 2.75) is 187 Å². The third-order valence-electron chi connectivity index (χ3n) is 9.05. The summed E-state index contributed by atoms with van der Waals surface area (Å²) in [5.74, 6) is -0.648. The highest BCUT2D eigenvalue weighted by Crippen LogP contribution is 2.12. The van der Waals surface area contributed by atoms with E-state index in [9.17, 15) is 14.7 Å². The molecule has 0 aliphatic heterocycles. The van der Waals surface area contributed by atoms with Gasteiger partial charge in [0.25, 0.3) is 0 Å². The van der Waals surface area contributed by atoms with E-state index in [0.717, 1.165) is 103 Å². The van der Waals surface area contributed by atoms with E-state index < -0.39 is 6.10 Å². The lowest BCUT2D eigenvalue weighted by Crippen LogP contribution is -2.28. The van der Waals surface area contributed by atoms with E-state index in [4.69, 9.17) is 9.47 Å². The van der Waals surface area contributed by atoms with E-state index in [2.05, 4.69) is 123 Å². The van der Waals surface area contributed by atoms with Gasteiger partial charge >= 0.3 is 11.9 Å². The first-order chi connectivity index (χ1) is 27.6. The van der Waals surface area contributed by atoms with Gasteiger partial charge in [0, 0.05) is 12.8 Å². The first kappa shape index (κ1) is 52.6. The number of carbonyl (C=O) groups excluding carboxylic acids is 2. The number of aliphatic hydroxyl groups excluding tert-OH is 1. The van der Waals surface area contributed by atoms with E-state index in [1.54, 1.807) is 0 Å². The van der Waals surface area contributed by atoms with Gasteiger partial charge in [0.2, 0.25) is 0 Å². The van der Waals surface area contributed by atoms with Crippen molar-refractivity contribution < 1.29 is 24.2 Å². The van der Waals surface area contributed by atoms with Crippen molar-refractivity contribution in [2.24, 2.45) is 0 Å². The fraction of sp³-hybridized carbons (Fsp3) is 0.608. The molecule has 1 atom stereocenters. The van der Waals surface area contributed by atoms with Crippen molar-refractivity contribution in [2.75, 3.05) is 13.2 Å². The normalized spacial score (nSPS) is 13.3. The van der Waals surface area contributed by atoms with Crippen LogP contribution in [0.2, 0.25) is 0 Å². The minimum Gasteiger partial charge on any atom is -0.462 e. The molecule has 56 heavy (non-hydrogen) atoms. The maximum Gasteiger partial charge on any atom is 0.306 e. The van der Waals surface area contributed by atoms with Gasteiger partial charge in [-0.05, 0) is 103 Å². The molecular formula is C51H82O5. The van der Waals surface area contributed by atoms with Crippen molar-refractivity contribution in [1.29, 1.82) is 0 Å². The van der Waals surface area contributed by atoms with Crippen molar-refractivity contribution in [3.63, 3.8) is 0 Å². The smallest absolute Gasteiger partial charge is 0.306 e. The van der Waals surface area contributed by atoms with Crippen LogP contribution in [0.3, 0.4) is 0 Å². The highest BCUT2D eigenvalue weighted by molar-refractivity contribution is 5.70. The molecular weight excluding hydrogens is 693 g/mol. The zero-order valence-electron chi connectivity index (χ0n) is 35.8. The Hall–Kier alpha value is -3.44. The van der Waals surface area contributed by atoms with E-state index in [0.29, 0.717) is 12.8 Å². The van der Waals surface area contributed by atoms with Crippen LogP contribution in [0.25, 0.3) is 0 Å². The standard InChI is InChI=1S/C51H82O5/c1-3-5-7-9-11-13-15-17-19-21-22-23-24-25-26-27-28-30-32-34-36-38-40-42-44-46-51(54)56-49(47-52)48-55-50(53)45-43-41-39-37-35-33-31-29-20-18-16-14-12-10-8-6-4-2/h5,7,11-14,17-20,22-23,25-26,28,30,34,36,49,52H,3-4,6,8-10,15-16,21,24,27,29,31-33,35,37-48H2,1-2H3/b7-5-,13-11-,14-12-,19-17-,20-18-,23-22-,26-25-,30-28-,36-34-. The van der Waals surface area contributed by atoms with Crippen LogP contribution in [-0.4, -0.2) is 36.4 Å². The molecule has 1 unspecified atom stereocenters. The minimum absolute atomic E-state index is 0.0909. The number of allylic oxidation sites excluding steroid dienone is 18. The molecule has 0 spiro atoms. The van der Waals surface area contributed by atoms with Gasteiger partial charge in [0.05, 0.1) is 6.61 Å². The first-order valence-corrected chi connectivity index (χ1v) is 22.4. The number of aliphatic hydroxyl groups is 1. The predicted molar refractivity (Wildman–Crippen MR) is 242 cm³/mol. The Morgan fingerprint density at radius 3 is 1.18 bits per heavy atom. The number of rotatable bonds is 39. The largest absolute Gasteiger partial charge is 0.462 e. The third kappa shape index (κ3) is 43.3. The summed E-state index contributed by atoms with van der Waals surface area (Å²) in [5.41, 5.74) is 0. The van der Waals surface area contributed by atoms with Gasteiger partial charge in [0.15, 0.2) is 6.10 Å². The van der Waals surface area contributed by atoms with E-state index in [-0.39, 0.29) is 25.2 Å². The van der Waals surface area contributed by atoms with Crippen LogP contribution < -0.4 is 0 Å². The van der Waals surface area contributed by atoms with Gasteiger partial charge < -0.3 is 14.6 Å². The first-order valence-electron chi connectivity index (χ1n) is 22.4. The second-order valence-corrected chi connectivity index (χ2v) is 14.4. The predicted octanol–water partition coefficient (Wildman–Crippen LogP) is 14.6. The van der Waals surface area contributed by atoms with Crippen LogP contribution in [-0.2, 0) is 19.1 Å². The van der Waals surface area contributed by atoms with Gasteiger partial charge in [-0.25, -0.2) is 0 Å². The van der Waals surface area contributed by atoms with Crippen molar-refractivity contribution >= 4 is 11.9 Å². The molecule has 0 amide bonds. The van der Waals surface area contributed by atoms with Crippen molar-refractivity contribution in [3.05, 3.63) is 109 Å². The van der Waals surface area contributed by atoms with E-state index in [1.807, 2.05) is 0 Å². The van der Waals surface area contributed by atoms with Crippen LogP contribution in [0.4, 0.5) is 0 Å². The molecule has 0 heterocycles. The highest BCUT2D eigenvalue weighted by Gasteiger charge is 2.16. The summed E-state index contributed by atoms with van der Waals surface area (Å²) in [6.45, 7) is 3.95. The Morgan fingerprint density at radius 1 is 0.429 bits per heavy atom. The fourth-order valence-corrected chi connectivity index (χ4v) is 5.68. The molecule has 0 aliphatic carbocycles. The quantitative estimate of drug-likeness (QED) is 0.0382. The Labute approximate surface area is 344 Å². The average molecular weight is 775 g/mol. The fourth-order valence-electron chi connectivity index (χ4n) is 5.68. The highest BCUT2D eigenvalue weighted by atomic mass is 16.6. The SMILES string of the molecule is CC/C=C\C/C=C\C/C=C\C/C=C\C/C=C\C/C=C\C/C=C\CCCCCC(=O)OC(CO)COC(=O)CCCCCCCCC/C=C\C/C=C\CCCCC. The van der Waals surface area contributed by atoms with Gasteiger partial charge in [-0.3, -0.25) is 9.59 Å². The topological polar surface area (TPSA) is 72.8 Å². The second kappa shape index (κ2) is 45.9. The molecule has 0 aromatic heterocycles. The number of hydrogen-bond acceptors (Lipinski definition) is 5. The van der Waals surface area contributed by atoms with Crippen LogP contribution in [0, 0.1) is 0 Å². The molecule has 0 saturated heterocycles. The number of hydrogen-bond donors (Lipinski definition) is 1. The number of esters is 2. The molecule has 0 saturated carbocycles. The lowest BCUT2D eigenvalue weighted by atomic mass is 10.1. The van der Waals surface area contributed by atoms with Gasteiger partial charge in [-0.15, -0.1) is 0 Å². The average Bonchev–Trinajstić information content (AvgIpc) is 3.20. The zero-order valence-corrected chi connectivity index (χ0v) is 35.8. The Kier molecular flexibility index (Phi) is 43.1. The van der Waals surface area contributed by atoms with Crippen LogP contribution >= 0.6 is 0 Å². The van der Waals surface area contributed by atoms with Crippen LogP contribution in [0.15, 0.2) is 109 Å². The van der Waals surface area contributed by atoms with Gasteiger partial charge in [-0.1, -0.05) is 175 Å². The zero-order chi connectivity index (χ0) is 40.7. The molecule has 5 nitrogen and oxygen atoms in total. The van der Waals surface area contributed by atoms with Gasteiger partial charge in [0.1, 0.15) is 6.61 Å². The summed E-state index contributed by atoms with van der Waals surface area (Å²) in [5, 5.41) is 9.59. The number of ether oxygens (including phenoxy) is 2. The second-order valence-electron chi connectivity index (χ2n) is 14.4. The summed E-state index contributed by atoms with van der Waals surface area (Å²) >= 11 is 0. The maximum atomic E-state index is 12.2. The molecule has 0 rings (SSSR count). The summed E-state index contributed by atoms with van der Waals surface area (Å²) in [6.07, 6.45) is 65.8. The van der Waals surface area contributed by atoms with Crippen molar-refractivity contribution in [1.82, 2.24) is 0 Å². The summed E-state index contributed by atoms with van der Waals surface area (Å²) < 4.78 is 10.6. The Balaban J connectivity index is 3.69. The lowest BCUT2D eigenvalue weighted by Gasteiger charge is -2.15. The molecule has 0 fully saturated rings. The molecule has 0 aromatic carbocycles. The molecule has 5 heteroatoms. The number of unbranched alkanes of at least 4 members (excludes halogenated alkanes) is 13. The summed E-state index contributed by atoms with van der Waals surface area (Å²) in [4.78, 5) is 24.3. The van der Waals surface area contributed by atoms with Gasteiger partial charge in [-0.2, -0.15) is 0 Å². The molecule has 0 radical (unpaired) electrons. The molecule has 1 N–H and O–H groups in total. The van der Waals surface area contributed by atoms with E-state index >= 15 is 0 Å². The van der Waals surface area contributed by atoms with Crippen LogP contribution in [0.5, 0.6) is 0 Å². The summed E-state index contributed by atoms with van der Waals surface area (Å²) in [6, 6.07) is 0.